The predicted octanol–water partition coefficient (Wildman–Crippen LogP) is 4.29. The normalized spacial score (nSPS) is 12.1. The number of rotatable bonds is 7. The molecule has 0 aliphatic heterocycles. The highest BCUT2D eigenvalue weighted by molar-refractivity contribution is 5.33. The molecule has 2 nitrogen and oxygen atoms in total. The second kappa shape index (κ2) is 7.79. The van der Waals surface area contributed by atoms with Crippen LogP contribution >= 0.6 is 0 Å². The maximum atomic E-state index is 13.6. The number of benzene rings is 2. The van der Waals surface area contributed by atoms with Gasteiger partial charge in [0.05, 0.1) is 0 Å². The molecule has 0 aromatic heterocycles. The van der Waals surface area contributed by atoms with Crippen LogP contribution in [0.5, 0.6) is 5.75 Å². The number of nitrogens with one attached hydrogen (secondary N) is 1. The summed E-state index contributed by atoms with van der Waals surface area (Å²) in [5, 5.41) is 3.44. The molecule has 0 aliphatic carbocycles. The minimum Gasteiger partial charge on any atom is -0.488 e. The Balaban J connectivity index is 2.01. The van der Waals surface area contributed by atoms with Crippen LogP contribution in [0.15, 0.2) is 48.5 Å². The van der Waals surface area contributed by atoms with E-state index < -0.39 is 0 Å². The zero-order chi connectivity index (χ0) is 15.1. The van der Waals surface area contributed by atoms with Gasteiger partial charge in [0.1, 0.15) is 18.2 Å². The molecule has 2 aromatic rings. The van der Waals surface area contributed by atoms with Crippen molar-refractivity contribution in [2.45, 2.75) is 39.5 Å². The summed E-state index contributed by atoms with van der Waals surface area (Å²) < 4.78 is 19.4. The molecule has 0 aliphatic rings. The van der Waals surface area contributed by atoms with E-state index in [4.69, 9.17) is 4.74 Å². The number of halogens is 1. The van der Waals surface area contributed by atoms with Gasteiger partial charge < -0.3 is 10.1 Å². The number of ether oxygens (including phenoxy) is 1. The fourth-order valence-corrected chi connectivity index (χ4v) is 1.99. The first-order chi connectivity index (χ1) is 10.2. The maximum absolute atomic E-state index is 13.6. The third kappa shape index (κ3) is 4.57. The van der Waals surface area contributed by atoms with Crippen LogP contribution in [-0.4, -0.2) is 6.04 Å². The fourth-order valence-electron chi connectivity index (χ4n) is 1.99. The average Bonchev–Trinajstić information content (AvgIpc) is 2.52. The van der Waals surface area contributed by atoms with Crippen LogP contribution in [0.2, 0.25) is 0 Å². The molecule has 1 atom stereocenters. The molecule has 1 N–H and O–H groups in total. The molecule has 1 unspecified atom stereocenters. The lowest BCUT2D eigenvalue weighted by atomic mass is 10.1. The fraction of sp³-hybridized carbons (Fsp3) is 0.333. The Morgan fingerprint density at radius 2 is 1.71 bits per heavy atom. The summed E-state index contributed by atoms with van der Waals surface area (Å²) in [5.74, 6) is 0.573. The molecule has 112 valence electrons. The van der Waals surface area contributed by atoms with E-state index in [2.05, 4.69) is 19.2 Å². The van der Waals surface area contributed by atoms with Crippen LogP contribution in [0.1, 0.15) is 31.4 Å². The SMILES string of the molecule is CCC(C)NCc1ccccc1OCc1ccccc1F. The van der Waals surface area contributed by atoms with Crippen molar-refractivity contribution in [1.29, 1.82) is 0 Å². The van der Waals surface area contributed by atoms with Gasteiger partial charge in [-0.05, 0) is 25.5 Å². The van der Waals surface area contributed by atoms with Crippen LogP contribution < -0.4 is 10.1 Å². The van der Waals surface area contributed by atoms with Crippen molar-refractivity contribution in [2.75, 3.05) is 0 Å². The average molecular weight is 287 g/mol. The minimum absolute atomic E-state index is 0.229. The summed E-state index contributed by atoms with van der Waals surface area (Å²) in [7, 11) is 0. The molecular formula is C18H22FNO. The van der Waals surface area contributed by atoms with Gasteiger partial charge in [-0.1, -0.05) is 43.3 Å². The minimum atomic E-state index is -0.229. The third-order valence-corrected chi connectivity index (χ3v) is 3.57. The van der Waals surface area contributed by atoms with E-state index in [1.165, 1.54) is 6.07 Å². The summed E-state index contributed by atoms with van der Waals surface area (Å²) in [4.78, 5) is 0. The quantitative estimate of drug-likeness (QED) is 0.820. The molecule has 0 fully saturated rings. The number of hydrogen-bond donors (Lipinski definition) is 1. The van der Waals surface area contributed by atoms with Gasteiger partial charge in [-0.3, -0.25) is 0 Å². The van der Waals surface area contributed by atoms with Gasteiger partial charge in [-0.15, -0.1) is 0 Å². The highest BCUT2D eigenvalue weighted by Gasteiger charge is 2.06. The van der Waals surface area contributed by atoms with Crippen molar-refractivity contribution in [3.8, 4) is 5.75 Å². The largest absolute Gasteiger partial charge is 0.488 e. The van der Waals surface area contributed by atoms with Gasteiger partial charge >= 0.3 is 0 Å². The summed E-state index contributed by atoms with van der Waals surface area (Å²) in [5.41, 5.74) is 1.66. The molecule has 2 rings (SSSR count). The first-order valence-corrected chi connectivity index (χ1v) is 7.38. The Hall–Kier alpha value is -1.87. The van der Waals surface area contributed by atoms with Crippen LogP contribution in [0.25, 0.3) is 0 Å². The van der Waals surface area contributed by atoms with Gasteiger partial charge in [-0.25, -0.2) is 4.39 Å². The first-order valence-electron chi connectivity index (χ1n) is 7.38. The van der Waals surface area contributed by atoms with Crippen molar-refractivity contribution in [3.63, 3.8) is 0 Å². The molecule has 2 aromatic carbocycles. The molecule has 0 amide bonds. The molecule has 0 saturated heterocycles. The first kappa shape index (κ1) is 15.5. The lowest BCUT2D eigenvalue weighted by molar-refractivity contribution is 0.295. The second-order valence-electron chi connectivity index (χ2n) is 5.18. The number of para-hydroxylation sites is 1. The van der Waals surface area contributed by atoms with E-state index in [1.807, 2.05) is 30.3 Å². The van der Waals surface area contributed by atoms with E-state index >= 15 is 0 Å². The second-order valence-corrected chi connectivity index (χ2v) is 5.18. The summed E-state index contributed by atoms with van der Waals surface area (Å²) in [6.45, 7) is 5.30. The van der Waals surface area contributed by atoms with Crippen molar-refractivity contribution in [2.24, 2.45) is 0 Å². The van der Waals surface area contributed by atoms with Crippen molar-refractivity contribution < 1.29 is 9.13 Å². The molecule has 0 spiro atoms. The van der Waals surface area contributed by atoms with Gasteiger partial charge in [0, 0.05) is 23.7 Å². The Labute approximate surface area is 126 Å². The number of hydrogen-bond acceptors (Lipinski definition) is 2. The van der Waals surface area contributed by atoms with Crippen LogP contribution in [0.4, 0.5) is 4.39 Å². The van der Waals surface area contributed by atoms with E-state index in [1.54, 1.807) is 12.1 Å². The monoisotopic (exact) mass is 287 g/mol. The van der Waals surface area contributed by atoms with Crippen molar-refractivity contribution >= 4 is 0 Å². The predicted molar refractivity (Wildman–Crippen MR) is 83.8 cm³/mol. The van der Waals surface area contributed by atoms with Crippen molar-refractivity contribution in [1.82, 2.24) is 5.32 Å². The van der Waals surface area contributed by atoms with Crippen LogP contribution in [0.3, 0.4) is 0 Å². The van der Waals surface area contributed by atoms with Gasteiger partial charge in [0.25, 0.3) is 0 Å². The smallest absolute Gasteiger partial charge is 0.129 e. The standard InChI is InChI=1S/C18H22FNO/c1-3-14(2)20-12-15-8-5-7-11-18(15)21-13-16-9-4-6-10-17(16)19/h4-11,14,20H,3,12-13H2,1-2H3. The lowest BCUT2D eigenvalue weighted by Crippen LogP contribution is -2.24. The zero-order valence-corrected chi connectivity index (χ0v) is 12.6. The third-order valence-electron chi connectivity index (χ3n) is 3.57. The molecule has 3 heteroatoms. The topological polar surface area (TPSA) is 21.3 Å². The highest BCUT2D eigenvalue weighted by Crippen LogP contribution is 2.20. The van der Waals surface area contributed by atoms with Gasteiger partial charge in [0.2, 0.25) is 0 Å². The van der Waals surface area contributed by atoms with Crippen molar-refractivity contribution in [3.05, 3.63) is 65.5 Å². The van der Waals surface area contributed by atoms with E-state index in [0.29, 0.717) is 11.6 Å². The molecule has 0 bridgehead atoms. The molecule has 21 heavy (non-hydrogen) atoms. The van der Waals surface area contributed by atoms with E-state index in [9.17, 15) is 4.39 Å². The summed E-state index contributed by atoms with van der Waals surface area (Å²) >= 11 is 0. The lowest BCUT2D eigenvalue weighted by Gasteiger charge is -2.15. The molecule has 0 saturated carbocycles. The Bertz CT molecular complexity index is 571. The summed E-state index contributed by atoms with van der Waals surface area (Å²) in [6.07, 6.45) is 1.08. The molecular weight excluding hydrogens is 265 g/mol. The highest BCUT2D eigenvalue weighted by atomic mass is 19.1. The van der Waals surface area contributed by atoms with Crippen LogP contribution in [0, 0.1) is 5.82 Å². The Kier molecular flexibility index (Phi) is 5.76. The summed E-state index contributed by atoms with van der Waals surface area (Å²) in [6, 6.07) is 15.0. The van der Waals surface area contributed by atoms with Gasteiger partial charge in [-0.2, -0.15) is 0 Å². The van der Waals surface area contributed by atoms with E-state index in [-0.39, 0.29) is 12.4 Å². The van der Waals surface area contributed by atoms with Crippen LogP contribution in [-0.2, 0) is 13.2 Å². The Morgan fingerprint density at radius 3 is 2.43 bits per heavy atom. The molecule has 0 heterocycles. The zero-order valence-electron chi connectivity index (χ0n) is 12.6. The van der Waals surface area contributed by atoms with E-state index in [0.717, 1.165) is 24.3 Å². The Morgan fingerprint density at radius 1 is 1.05 bits per heavy atom. The maximum Gasteiger partial charge on any atom is 0.129 e. The molecule has 0 radical (unpaired) electrons. The van der Waals surface area contributed by atoms with Gasteiger partial charge in [0.15, 0.2) is 0 Å².